The average molecular weight is 253 g/mol. The molecule has 2 aromatic heterocycles. The van der Waals surface area contributed by atoms with Gasteiger partial charge in [0.25, 0.3) is 0 Å². The van der Waals surface area contributed by atoms with Crippen molar-refractivity contribution in [2.45, 2.75) is 26.9 Å². The zero-order chi connectivity index (χ0) is 12.4. The molecule has 6 heteroatoms. The van der Waals surface area contributed by atoms with Crippen molar-refractivity contribution in [3.63, 3.8) is 0 Å². The minimum Gasteiger partial charge on any atom is -0.331 e. The molecule has 0 spiro atoms. The van der Waals surface area contributed by atoms with Crippen molar-refractivity contribution in [2.75, 3.05) is 0 Å². The molecule has 0 radical (unpaired) electrons. The number of aldehydes is 1. The second-order valence-electron chi connectivity index (χ2n) is 3.75. The first-order chi connectivity index (χ1) is 8.15. The number of hydrogen-bond donors (Lipinski definition) is 0. The van der Waals surface area contributed by atoms with Gasteiger partial charge in [0, 0.05) is 12.7 Å². The first-order valence-corrected chi connectivity index (χ1v) is 5.72. The largest absolute Gasteiger partial charge is 0.331 e. The Kier molecular flexibility index (Phi) is 3.28. The van der Waals surface area contributed by atoms with Gasteiger partial charge in [-0.05, 0) is 13.8 Å². The third-order valence-corrected chi connectivity index (χ3v) is 3.05. The summed E-state index contributed by atoms with van der Waals surface area (Å²) in [6, 6.07) is 0. The summed E-state index contributed by atoms with van der Waals surface area (Å²) in [4.78, 5) is 14.5. The van der Waals surface area contributed by atoms with E-state index in [0.29, 0.717) is 17.3 Å². The fraction of sp³-hybridized carbons (Fsp3) is 0.364. The number of carbonyl (C=O) groups is 1. The normalized spacial score (nSPS) is 10.8. The number of rotatable bonds is 4. The van der Waals surface area contributed by atoms with Gasteiger partial charge in [-0.25, -0.2) is 4.98 Å². The zero-order valence-corrected chi connectivity index (χ0v) is 10.5. The molecule has 0 saturated carbocycles. The lowest BCUT2D eigenvalue weighted by Crippen LogP contribution is -2.07. The number of carbonyl (C=O) groups excluding carboxylic acids is 1. The van der Waals surface area contributed by atoms with E-state index in [1.54, 1.807) is 12.5 Å². The monoisotopic (exact) mass is 252 g/mol. The van der Waals surface area contributed by atoms with Crippen LogP contribution in [0.4, 0.5) is 0 Å². The van der Waals surface area contributed by atoms with Crippen LogP contribution in [0.5, 0.6) is 0 Å². The molecule has 0 saturated heterocycles. The first kappa shape index (κ1) is 11.9. The Morgan fingerprint density at radius 2 is 2.29 bits per heavy atom. The molecule has 0 aliphatic heterocycles. The molecule has 0 fully saturated rings. The van der Waals surface area contributed by atoms with E-state index in [-0.39, 0.29) is 0 Å². The van der Waals surface area contributed by atoms with Gasteiger partial charge < -0.3 is 4.57 Å². The maximum atomic E-state index is 10.5. The van der Waals surface area contributed by atoms with E-state index in [2.05, 4.69) is 10.1 Å². The highest BCUT2D eigenvalue weighted by Gasteiger charge is 2.12. The van der Waals surface area contributed by atoms with Crippen molar-refractivity contribution >= 4 is 17.9 Å². The lowest BCUT2D eigenvalue weighted by Gasteiger charge is -2.05. The number of aryl methyl sites for hydroxylation is 2. The zero-order valence-electron chi connectivity index (χ0n) is 9.72. The van der Waals surface area contributed by atoms with E-state index in [9.17, 15) is 4.79 Å². The molecule has 0 N–H and O–H groups in total. The van der Waals surface area contributed by atoms with E-state index in [0.717, 1.165) is 24.2 Å². The summed E-state index contributed by atoms with van der Waals surface area (Å²) in [5, 5.41) is 5.01. The lowest BCUT2D eigenvalue weighted by atomic mass is 10.3. The predicted octanol–water partition coefficient (Wildman–Crippen LogP) is 1.92. The van der Waals surface area contributed by atoms with Crippen LogP contribution in [0, 0.1) is 6.92 Å². The van der Waals surface area contributed by atoms with Gasteiger partial charge in [0.05, 0.1) is 29.3 Å². The van der Waals surface area contributed by atoms with E-state index >= 15 is 0 Å². The quantitative estimate of drug-likeness (QED) is 0.782. The number of halogens is 1. The molecule has 17 heavy (non-hydrogen) atoms. The van der Waals surface area contributed by atoms with Crippen molar-refractivity contribution in [1.29, 1.82) is 0 Å². The van der Waals surface area contributed by atoms with Gasteiger partial charge in [0.15, 0.2) is 6.29 Å². The SMILES string of the molecule is CCn1nc(C)c(Cl)c1Cn1cnc(C=O)c1. The van der Waals surface area contributed by atoms with Crippen LogP contribution in [0.25, 0.3) is 0 Å². The van der Waals surface area contributed by atoms with Crippen LogP contribution in [-0.4, -0.2) is 25.6 Å². The summed E-state index contributed by atoms with van der Waals surface area (Å²) in [6.07, 6.45) is 4.02. The van der Waals surface area contributed by atoms with Crippen LogP contribution in [0.2, 0.25) is 5.02 Å². The van der Waals surface area contributed by atoms with E-state index in [1.807, 2.05) is 23.1 Å². The highest BCUT2D eigenvalue weighted by atomic mass is 35.5. The fourth-order valence-corrected chi connectivity index (χ4v) is 1.91. The Morgan fingerprint density at radius 3 is 2.88 bits per heavy atom. The molecule has 2 rings (SSSR count). The van der Waals surface area contributed by atoms with Crippen LogP contribution in [-0.2, 0) is 13.1 Å². The molecule has 0 unspecified atom stereocenters. The maximum absolute atomic E-state index is 10.5. The standard InChI is InChI=1S/C11H13ClN4O/c1-3-16-10(11(12)8(2)14-16)5-15-4-9(6-17)13-7-15/h4,6-7H,3,5H2,1-2H3. The average Bonchev–Trinajstić information content (AvgIpc) is 2.89. The molecule has 2 aromatic rings. The number of hydrogen-bond acceptors (Lipinski definition) is 3. The summed E-state index contributed by atoms with van der Waals surface area (Å²) in [6.45, 7) is 5.21. The molecule has 0 amide bonds. The fourth-order valence-electron chi connectivity index (χ4n) is 1.72. The van der Waals surface area contributed by atoms with Gasteiger partial charge in [0.2, 0.25) is 0 Å². The third kappa shape index (κ3) is 2.24. The number of aromatic nitrogens is 4. The first-order valence-electron chi connectivity index (χ1n) is 5.34. The van der Waals surface area contributed by atoms with Crippen molar-refractivity contribution in [2.24, 2.45) is 0 Å². The van der Waals surface area contributed by atoms with Crippen LogP contribution in [0.15, 0.2) is 12.5 Å². The van der Waals surface area contributed by atoms with Crippen LogP contribution < -0.4 is 0 Å². The Morgan fingerprint density at radius 1 is 1.53 bits per heavy atom. The van der Waals surface area contributed by atoms with E-state index in [1.165, 1.54) is 0 Å². The van der Waals surface area contributed by atoms with E-state index < -0.39 is 0 Å². The molecule has 2 heterocycles. The highest BCUT2D eigenvalue weighted by molar-refractivity contribution is 6.31. The van der Waals surface area contributed by atoms with Gasteiger partial charge in [-0.15, -0.1) is 0 Å². The van der Waals surface area contributed by atoms with Crippen LogP contribution in [0.1, 0.15) is 28.8 Å². The Balaban J connectivity index is 2.31. The molecule has 0 aromatic carbocycles. The van der Waals surface area contributed by atoms with Gasteiger partial charge >= 0.3 is 0 Å². The predicted molar refractivity (Wildman–Crippen MR) is 64.4 cm³/mol. The Labute approximate surface area is 104 Å². The lowest BCUT2D eigenvalue weighted by molar-refractivity contribution is 0.111. The van der Waals surface area contributed by atoms with Crippen molar-refractivity contribution in [3.8, 4) is 0 Å². The number of nitrogens with zero attached hydrogens (tertiary/aromatic N) is 4. The van der Waals surface area contributed by atoms with Gasteiger partial charge in [-0.3, -0.25) is 9.48 Å². The summed E-state index contributed by atoms with van der Waals surface area (Å²) in [7, 11) is 0. The minimum absolute atomic E-state index is 0.417. The molecule has 90 valence electrons. The highest BCUT2D eigenvalue weighted by Crippen LogP contribution is 2.21. The molecule has 5 nitrogen and oxygen atoms in total. The summed E-state index contributed by atoms with van der Waals surface area (Å²) in [5.74, 6) is 0. The number of imidazole rings is 1. The van der Waals surface area contributed by atoms with Crippen molar-refractivity contribution in [3.05, 3.63) is 34.6 Å². The van der Waals surface area contributed by atoms with Gasteiger partial charge in [-0.2, -0.15) is 5.10 Å². The second kappa shape index (κ2) is 4.71. The third-order valence-electron chi connectivity index (χ3n) is 2.56. The molecule has 0 atom stereocenters. The smallest absolute Gasteiger partial charge is 0.169 e. The molecular weight excluding hydrogens is 240 g/mol. The van der Waals surface area contributed by atoms with Crippen LogP contribution >= 0.6 is 11.6 Å². The minimum atomic E-state index is 0.417. The topological polar surface area (TPSA) is 52.7 Å². The Hall–Kier alpha value is -1.62. The second-order valence-corrected chi connectivity index (χ2v) is 4.13. The van der Waals surface area contributed by atoms with Gasteiger partial charge in [-0.1, -0.05) is 11.6 Å². The summed E-state index contributed by atoms with van der Waals surface area (Å²) >= 11 is 6.20. The Bertz CT molecular complexity index is 544. The maximum Gasteiger partial charge on any atom is 0.169 e. The van der Waals surface area contributed by atoms with Crippen molar-refractivity contribution < 1.29 is 4.79 Å². The van der Waals surface area contributed by atoms with Gasteiger partial charge in [0.1, 0.15) is 5.69 Å². The van der Waals surface area contributed by atoms with Crippen molar-refractivity contribution in [1.82, 2.24) is 19.3 Å². The van der Waals surface area contributed by atoms with Crippen LogP contribution in [0.3, 0.4) is 0 Å². The molecule has 0 bridgehead atoms. The molecule has 0 aliphatic rings. The molecule has 0 aliphatic carbocycles. The molecular formula is C11H13ClN4O. The summed E-state index contributed by atoms with van der Waals surface area (Å²) < 4.78 is 3.68. The van der Waals surface area contributed by atoms with E-state index in [4.69, 9.17) is 11.6 Å². The summed E-state index contributed by atoms with van der Waals surface area (Å²) in [5.41, 5.74) is 2.17.